The number of carbonyl (C=O) groups excluding carboxylic acids is 1. The third kappa shape index (κ3) is 3.00. The summed E-state index contributed by atoms with van der Waals surface area (Å²) in [5.74, 6) is -0.622. The molecule has 2 aromatic carbocycles. The van der Waals surface area contributed by atoms with Crippen LogP contribution in [0.1, 0.15) is 22.0 Å². The van der Waals surface area contributed by atoms with Crippen molar-refractivity contribution < 1.29 is 15.0 Å². The molecule has 23 heavy (non-hydrogen) atoms. The van der Waals surface area contributed by atoms with Crippen LogP contribution < -0.4 is 5.32 Å². The number of aromatic hydroxyl groups is 1. The van der Waals surface area contributed by atoms with E-state index in [4.69, 9.17) is 0 Å². The van der Waals surface area contributed by atoms with Gasteiger partial charge in [0.05, 0.1) is 18.2 Å². The van der Waals surface area contributed by atoms with Crippen LogP contribution in [0.4, 0.5) is 0 Å². The molecule has 3 rings (SSSR count). The number of aliphatic hydroxyl groups excluding tert-OH is 1. The molecule has 0 unspecified atom stereocenters. The first-order valence-electron chi connectivity index (χ1n) is 7.24. The maximum Gasteiger partial charge on any atom is 0.255 e. The quantitative estimate of drug-likeness (QED) is 0.691. The average molecular weight is 308 g/mol. The summed E-state index contributed by atoms with van der Waals surface area (Å²) in [6, 6.07) is 15.5. The lowest BCUT2D eigenvalue weighted by Crippen LogP contribution is -2.30. The molecule has 1 amide bonds. The fourth-order valence-electron chi connectivity index (χ4n) is 2.47. The maximum absolute atomic E-state index is 12.4. The topological polar surface area (TPSA) is 82.5 Å². The molecule has 5 heteroatoms. The third-order valence-electron chi connectivity index (χ3n) is 3.68. The van der Waals surface area contributed by atoms with Crippen LogP contribution in [0.15, 0.2) is 60.8 Å². The van der Waals surface area contributed by atoms with Gasteiger partial charge >= 0.3 is 0 Å². The number of fused-ring (bicyclic) bond motifs is 1. The first kappa shape index (κ1) is 15.0. The molecule has 0 radical (unpaired) electrons. The van der Waals surface area contributed by atoms with E-state index in [9.17, 15) is 15.0 Å². The maximum atomic E-state index is 12.4. The van der Waals surface area contributed by atoms with E-state index in [1.807, 2.05) is 36.4 Å². The van der Waals surface area contributed by atoms with Crippen molar-refractivity contribution >= 4 is 16.8 Å². The molecule has 0 bridgehead atoms. The third-order valence-corrected chi connectivity index (χ3v) is 3.68. The lowest BCUT2D eigenvalue weighted by Gasteiger charge is -2.17. The Bertz CT molecular complexity index is 834. The summed E-state index contributed by atoms with van der Waals surface area (Å²) in [5, 5.41) is 23.3. The molecule has 0 saturated carbocycles. The van der Waals surface area contributed by atoms with E-state index in [0.717, 1.165) is 10.9 Å². The average Bonchev–Trinajstić information content (AvgIpc) is 2.60. The molecule has 1 aromatic heterocycles. The van der Waals surface area contributed by atoms with Crippen molar-refractivity contribution in [3.05, 3.63) is 71.9 Å². The van der Waals surface area contributed by atoms with Crippen molar-refractivity contribution in [1.82, 2.24) is 10.3 Å². The molecule has 0 saturated heterocycles. The van der Waals surface area contributed by atoms with Crippen LogP contribution in [0.5, 0.6) is 5.75 Å². The number of aliphatic hydroxyl groups is 1. The monoisotopic (exact) mass is 308 g/mol. The number of nitrogens with zero attached hydrogens (tertiary/aromatic N) is 1. The van der Waals surface area contributed by atoms with Crippen LogP contribution in [-0.2, 0) is 0 Å². The molecule has 116 valence electrons. The second-order valence-electron chi connectivity index (χ2n) is 5.16. The van der Waals surface area contributed by atoms with Crippen LogP contribution >= 0.6 is 0 Å². The van der Waals surface area contributed by atoms with Gasteiger partial charge in [-0.3, -0.25) is 9.78 Å². The minimum atomic E-state index is -0.539. The molecule has 0 aliphatic carbocycles. The largest absolute Gasteiger partial charge is 0.505 e. The highest BCUT2D eigenvalue weighted by molar-refractivity contribution is 6.02. The van der Waals surface area contributed by atoms with E-state index < -0.39 is 11.9 Å². The second-order valence-corrected chi connectivity index (χ2v) is 5.16. The zero-order valence-corrected chi connectivity index (χ0v) is 12.3. The first-order chi connectivity index (χ1) is 11.2. The molecule has 0 spiro atoms. The number of pyridine rings is 1. The first-order valence-corrected chi connectivity index (χ1v) is 7.24. The number of carbonyl (C=O) groups is 1. The minimum Gasteiger partial charge on any atom is -0.505 e. The van der Waals surface area contributed by atoms with E-state index in [0.29, 0.717) is 5.52 Å². The number of benzene rings is 2. The van der Waals surface area contributed by atoms with Gasteiger partial charge in [0.15, 0.2) is 5.75 Å². The summed E-state index contributed by atoms with van der Waals surface area (Å²) >= 11 is 0. The van der Waals surface area contributed by atoms with E-state index in [2.05, 4.69) is 10.3 Å². The lowest BCUT2D eigenvalue weighted by molar-refractivity contribution is 0.0913. The molecule has 5 nitrogen and oxygen atoms in total. The molecule has 1 heterocycles. The summed E-state index contributed by atoms with van der Waals surface area (Å²) in [7, 11) is 0. The molecule has 3 N–H and O–H groups in total. The summed E-state index contributed by atoms with van der Waals surface area (Å²) in [6.45, 7) is -0.234. The molecule has 1 atom stereocenters. The Morgan fingerprint density at radius 2 is 1.87 bits per heavy atom. The smallest absolute Gasteiger partial charge is 0.255 e. The summed E-state index contributed by atoms with van der Waals surface area (Å²) in [5.41, 5.74) is 1.30. The van der Waals surface area contributed by atoms with E-state index in [-0.39, 0.29) is 17.9 Å². The normalized spacial score (nSPS) is 12.0. The van der Waals surface area contributed by atoms with Crippen LogP contribution in [-0.4, -0.2) is 27.7 Å². The van der Waals surface area contributed by atoms with Gasteiger partial charge in [-0.2, -0.15) is 0 Å². The van der Waals surface area contributed by atoms with Crippen LogP contribution in [0.25, 0.3) is 10.9 Å². The minimum absolute atomic E-state index is 0.130. The van der Waals surface area contributed by atoms with Crippen LogP contribution in [0.3, 0.4) is 0 Å². The van der Waals surface area contributed by atoms with Gasteiger partial charge in [-0.1, -0.05) is 42.5 Å². The summed E-state index contributed by atoms with van der Waals surface area (Å²) in [4.78, 5) is 16.5. The SMILES string of the molecule is O=C(N[C@@H](CO)c1ccccc1)c1ccc2cccnc2c1O. The number of amides is 1. The van der Waals surface area contributed by atoms with Gasteiger partial charge in [-0.05, 0) is 17.7 Å². The zero-order valence-electron chi connectivity index (χ0n) is 12.3. The predicted molar refractivity (Wildman–Crippen MR) is 87.1 cm³/mol. The van der Waals surface area contributed by atoms with Gasteiger partial charge in [-0.15, -0.1) is 0 Å². The molecule has 0 fully saturated rings. The van der Waals surface area contributed by atoms with Crippen molar-refractivity contribution in [3.8, 4) is 5.75 Å². The Morgan fingerprint density at radius 1 is 1.09 bits per heavy atom. The molecular formula is C18H16N2O3. The Labute approximate surface area is 133 Å². The standard InChI is InChI=1S/C18H16N2O3/c21-11-15(12-5-2-1-3-6-12)20-18(23)14-9-8-13-7-4-10-19-16(13)17(14)22/h1-10,15,21-22H,11H2,(H,20,23)/t15-/m0/s1. The summed E-state index contributed by atoms with van der Waals surface area (Å²) < 4.78 is 0. The van der Waals surface area contributed by atoms with E-state index >= 15 is 0 Å². The predicted octanol–water partition coefficient (Wildman–Crippen LogP) is 2.40. The number of hydrogen-bond acceptors (Lipinski definition) is 4. The Morgan fingerprint density at radius 3 is 2.61 bits per heavy atom. The second kappa shape index (κ2) is 6.46. The van der Waals surface area contributed by atoms with Crippen LogP contribution in [0.2, 0.25) is 0 Å². The van der Waals surface area contributed by atoms with Gasteiger partial charge in [0.1, 0.15) is 5.52 Å². The number of rotatable bonds is 4. The molecule has 0 aliphatic heterocycles. The fraction of sp³-hybridized carbons (Fsp3) is 0.111. The van der Waals surface area contributed by atoms with Crippen molar-refractivity contribution in [3.63, 3.8) is 0 Å². The zero-order chi connectivity index (χ0) is 16.2. The van der Waals surface area contributed by atoms with Gasteiger partial charge in [0.25, 0.3) is 5.91 Å². The Balaban J connectivity index is 1.90. The van der Waals surface area contributed by atoms with Crippen molar-refractivity contribution in [1.29, 1.82) is 0 Å². The number of phenolic OH excluding ortho intramolecular Hbond substituents is 1. The van der Waals surface area contributed by atoms with E-state index in [1.165, 1.54) is 0 Å². The molecular weight excluding hydrogens is 292 g/mol. The molecule has 0 aliphatic rings. The Kier molecular flexibility index (Phi) is 4.21. The summed E-state index contributed by atoms with van der Waals surface area (Å²) in [6.07, 6.45) is 1.56. The van der Waals surface area contributed by atoms with Gasteiger partial charge in [-0.25, -0.2) is 0 Å². The number of phenols is 1. The van der Waals surface area contributed by atoms with Crippen LogP contribution in [0, 0.1) is 0 Å². The molecule has 3 aromatic rings. The van der Waals surface area contributed by atoms with Crippen molar-refractivity contribution in [2.45, 2.75) is 6.04 Å². The number of hydrogen-bond donors (Lipinski definition) is 3. The fourth-order valence-corrected chi connectivity index (χ4v) is 2.47. The number of aromatic nitrogens is 1. The lowest BCUT2D eigenvalue weighted by atomic mass is 10.1. The van der Waals surface area contributed by atoms with E-state index in [1.54, 1.807) is 24.4 Å². The Hall–Kier alpha value is -2.92. The van der Waals surface area contributed by atoms with Crippen molar-refractivity contribution in [2.75, 3.05) is 6.61 Å². The van der Waals surface area contributed by atoms with Gasteiger partial charge in [0, 0.05) is 11.6 Å². The number of nitrogens with one attached hydrogen (secondary N) is 1. The highest BCUT2D eigenvalue weighted by Crippen LogP contribution is 2.27. The highest BCUT2D eigenvalue weighted by atomic mass is 16.3. The van der Waals surface area contributed by atoms with Gasteiger partial charge < -0.3 is 15.5 Å². The van der Waals surface area contributed by atoms with Gasteiger partial charge in [0.2, 0.25) is 0 Å². The highest BCUT2D eigenvalue weighted by Gasteiger charge is 2.18. The van der Waals surface area contributed by atoms with Crippen molar-refractivity contribution in [2.24, 2.45) is 0 Å².